The van der Waals surface area contributed by atoms with Crippen LogP contribution in [0.2, 0.25) is 0 Å². The molecule has 0 amide bonds. The van der Waals surface area contributed by atoms with Gasteiger partial charge in [0.25, 0.3) is 0 Å². The normalized spacial score (nSPS) is 10.1. The molecule has 0 unspecified atom stereocenters. The third-order valence-electron chi connectivity index (χ3n) is 2.47. The second-order valence-corrected chi connectivity index (χ2v) is 3.43. The van der Waals surface area contributed by atoms with Gasteiger partial charge >= 0.3 is 0 Å². The number of benzene rings is 1. The molecule has 0 aliphatic heterocycles. The molecule has 0 aliphatic rings. The van der Waals surface area contributed by atoms with Crippen LogP contribution in [0.3, 0.4) is 0 Å². The number of rotatable bonds is 6. The third-order valence-corrected chi connectivity index (χ3v) is 2.47. The molecule has 1 aromatic rings. The summed E-state index contributed by atoms with van der Waals surface area (Å²) in [7, 11) is 0. The van der Waals surface area contributed by atoms with Gasteiger partial charge in [-0.05, 0) is 38.1 Å². The van der Waals surface area contributed by atoms with E-state index in [2.05, 4.69) is 48.3 Å². The SMILES string of the molecule is CCN(CC)c1ccc(NCCN)cc1. The van der Waals surface area contributed by atoms with E-state index >= 15 is 0 Å². The molecule has 0 aliphatic carbocycles. The molecule has 0 heterocycles. The molecule has 1 aromatic carbocycles. The molecule has 1 rings (SSSR count). The van der Waals surface area contributed by atoms with Crippen LogP contribution in [0.5, 0.6) is 0 Å². The lowest BCUT2D eigenvalue weighted by Crippen LogP contribution is -2.21. The minimum Gasteiger partial charge on any atom is -0.384 e. The van der Waals surface area contributed by atoms with Crippen LogP contribution in [0.15, 0.2) is 24.3 Å². The van der Waals surface area contributed by atoms with E-state index in [0.29, 0.717) is 6.54 Å². The minimum absolute atomic E-state index is 0.664. The van der Waals surface area contributed by atoms with Gasteiger partial charge in [-0.1, -0.05) is 0 Å². The summed E-state index contributed by atoms with van der Waals surface area (Å²) in [5, 5.41) is 3.25. The molecule has 0 radical (unpaired) electrons. The Balaban J connectivity index is 2.62. The van der Waals surface area contributed by atoms with Crippen molar-refractivity contribution in [1.29, 1.82) is 0 Å². The number of nitrogens with one attached hydrogen (secondary N) is 1. The summed E-state index contributed by atoms with van der Waals surface area (Å²) in [5.41, 5.74) is 7.84. The maximum atomic E-state index is 5.43. The van der Waals surface area contributed by atoms with Crippen molar-refractivity contribution in [3.63, 3.8) is 0 Å². The first-order valence-electron chi connectivity index (χ1n) is 5.60. The molecule has 0 atom stereocenters. The summed E-state index contributed by atoms with van der Waals surface area (Å²) < 4.78 is 0. The number of nitrogens with two attached hydrogens (primary N) is 1. The summed E-state index contributed by atoms with van der Waals surface area (Å²) in [6.45, 7) is 7.93. The zero-order valence-corrected chi connectivity index (χ0v) is 9.66. The summed E-state index contributed by atoms with van der Waals surface area (Å²) in [6, 6.07) is 8.49. The summed E-state index contributed by atoms with van der Waals surface area (Å²) in [4.78, 5) is 2.33. The van der Waals surface area contributed by atoms with Crippen molar-refractivity contribution in [3.8, 4) is 0 Å². The first-order chi connectivity index (χ1) is 7.31. The van der Waals surface area contributed by atoms with E-state index in [-0.39, 0.29) is 0 Å². The smallest absolute Gasteiger partial charge is 0.0367 e. The second-order valence-electron chi connectivity index (χ2n) is 3.43. The van der Waals surface area contributed by atoms with E-state index in [1.165, 1.54) is 5.69 Å². The van der Waals surface area contributed by atoms with Crippen LogP contribution < -0.4 is 16.0 Å². The van der Waals surface area contributed by atoms with E-state index < -0.39 is 0 Å². The van der Waals surface area contributed by atoms with Crippen molar-refractivity contribution < 1.29 is 0 Å². The van der Waals surface area contributed by atoms with Gasteiger partial charge in [0.05, 0.1) is 0 Å². The van der Waals surface area contributed by atoms with Crippen molar-refractivity contribution in [3.05, 3.63) is 24.3 Å². The highest BCUT2D eigenvalue weighted by molar-refractivity contribution is 5.54. The van der Waals surface area contributed by atoms with E-state index in [4.69, 9.17) is 5.73 Å². The molecular weight excluding hydrogens is 186 g/mol. The molecule has 0 saturated carbocycles. The molecule has 3 N–H and O–H groups in total. The van der Waals surface area contributed by atoms with Crippen LogP contribution in [-0.2, 0) is 0 Å². The number of hydrogen-bond acceptors (Lipinski definition) is 3. The average Bonchev–Trinajstić information content (AvgIpc) is 2.29. The summed E-state index contributed by atoms with van der Waals surface area (Å²) in [6.07, 6.45) is 0. The molecular formula is C12H21N3. The Hall–Kier alpha value is -1.22. The lowest BCUT2D eigenvalue weighted by Gasteiger charge is -2.21. The quantitative estimate of drug-likeness (QED) is 0.748. The maximum absolute atomic E-state index is 5.43. The number of hydrogen-bond donors (Lipinski definition) is 2. The predicted octanol–water partition coefficient (Wildman–Crippen LogP) is 1.90. The zero-order valence-electron chi connectivity index (χ0n) is 9.66. The Labute approximate surface area is 92.3 Å². The van der Waals surface area contributed by atoms with Crippen LogP contribution in [0.25, 0.3) is 0 Å². The van der Waals surface area contributed by atoms with Gasteiger partial charge in [0.15, 0.2) is 0 Å². The van der Waals surface area contributed by atoms with Gasteiger partial charge in [-0.2, -0.15) is 0 Å². The number of nitrogens with zero attached hydrogens (tertiary/aromatic N) is 1. The fourth-order valence-corrected chi connectivity index (χ4v) is 1.60. The first kappa shape index (κ1) is 11.9. The largest absolute Gasteiger partial charge is 0.384 e. The molecule has 0 fully saturated rings. The molecule has 0 saturated heterocycles. The predicted molar refractivity (Wildman–Crippen MR) is 67.5 cm³/mol. The lowest BCUT2D eigenvalue weighted by molar-refractivity contribution is 0.866. The van der Waals surface area contributed by atoms with Gasteiger partial charge < -0.3 is 16.0 Å². The fourth-order valence-electron chi connectivity index (χ4n) is 1.60. The molecule has 0 bridgehead atoms. The Kier molecular flexibility index (Phi) is 4.98. The Morgan fingerprint density at radius 2 is 1.73 bits per heavy atom. The van der Waals surface area contributed by atoms with Gasteiger partial charge in [0.1, 0.15) is 0 Å². The van der Waals surface area contributed by atoms with E-state index in [9.17, 15) is 0 Å². The highest BCUT2D eigenvalue weighted by atomic mass is 15.1. The average molecular weight is 207 g/mol. The van der Waals surface area contributed by atoms with Crippen LogP contribution in [0.4, 0.5) is 11.4 Å². The van der Waals surface area contributed by atoms with Crippen LogP contribution in [0, 0.1) is 0 Å². The molecule has 0 spiro atoms. The molecule has 3 heteroatoms. The molecule has 84 valence electrons. The Morgan fingerprint density at radius 1 is 1.13 bits per heavy atom. The van der Waals surface area contributed by atoms with Crippen molar-refractivity contribution >= 4 is 11.4 Å². The van der Waals surface area contributed by atoms with Crippen molar-refractivity contribution in [2.75, 3.05) is 36.4 Å². The minimum atomic E-state index is 0.664. The van der Waals surface area contributed by atoms with E-state index in [1.54, 1.807) is 0 Å². The topological polar surface area (TPSA) is 41.3 Å². The van der Waals surface area contributed by atoms with Gasteiger partial charge in [-0.15, -0.1) is 0 Å². The highest BCUT2D eigenvalue weighted by Gasteiger charge is 2.00. The Morgan fingerprint density at radius 3 is 2.20 bits per heavy atom. The van der Waals surface area contributed by atoms with E-state index in [1.807, 2.05) is 0 Å². The first-order valence-corrected chi connectivity index (χ1v) is 5.60. The monoisotopic (exact) mass is 207 g/mol. The summed E-state index contributed by atoms with van der Waals surface area (Å²) >= 11 is 0. The highest BCUT2D eigenvalue weighted by Crippen LogP contribution is 2.17. The van der Waals surface area contributed by atoms with Crippen LogP contribution in [-0.4, -0.2) is 26.2 Å². The van der Waals surface area contributed by atoms with Crippen LogP contribution in [0.1, 0.15) is 13.8 Å². The summed E-state index contributed by atoms with van der Waals surface area (Å²) in [5.74, 6) is 0. The van der Waals surface area contributed by atoms with Gasteiger partial charge in [0, 0.05) is 37.6 Å². The number of anilines is 2. The third kappa shape index (κ3) is 3.44. The molecule has 15 heavy (non-hydrogen) atoms. The molecule has 0 aromatic heterocycles. The fraction of sp³-hybridized carbons (Fsp3) is 0.500. The van der Waals surface area contributed by atoms with Gasteiger partial charge in [-0.25, -0.2) is 0 Å². The zero-order chi connectivity index (χ0) is 11.1. The van der Waals surface area contributed by atoms with Crippen molar-refractivity contribution in [1.82, 2.24) is 0 Å². The molecule has 3 nitrogen and oxygen atoms in total. The lowest BCUT2D eigenvalue weighted by atomic mass is 10.2. The van der Waals surface area contributed by atoms with Gasteiger partial charge in [-0.3, -0.25) is 0 Å². The maximum Gasteiger partial charge on any atom is 0.0367 e. The van der Waals surface area contributed by atoms with Gasteiger partial charge in [0.2, 0.25) is 0 Å². The Bertz CT molecular complexity index is 265. The standard InChI is InChI=1S/C12H21N3/c1-3-15(4-2)12-7-5-11(6-8-12)14-10-9-13/h5-8,14H,3-4,9-10,13H2,1-2H3. The van der Waals surface area contributed by atoms with Crippen molar-refractivity contribution in [2.45, 2.75) is 13.8 Å². The van der Waals surface area contributed by atoms with E-state index in [0.717, 1.165) is 25.3 Å². The van der Waals surface area contributed by atoms with Crippen LogP contribution >= 0.6 is 0 Å². The van der Waals surface area contributed by atoms with Crippen molar-refractivity contribution in [2.24, 2.45) is 5.73 Å². The second kappa shape index (κ2) is 6.30.